The molecule has 8 rings (SSSR count). The van der Waals surface area contributed by atoms with Gasteiger partial charge in [0.2, 0.25) is 9.23 Å². The quantitative estimate of drug-likeness (QED) is 0.00952. The Kier molecular flexibility index (Phi) is 55.5. The number of aromatic carboxylic acids is 1. The molecule has 6 aromatic carbocycles. The van der Waals surface area contributed by atoms with Crippen LogP contribution in [0.1, 0.15) is 160 Å². The molecule has 0 saturated heterocycles. The molecule has 29 nitrogen and oxygen atoms in total. The number of nitrogens with two attached hydrogens (primary N) is 3. The molecular formula is C77H103BCl7N12O17S2-. The first kappa shape index (κ1) is 111. The van der Waals surface area contributed by atoms with Crippen LogP contribution in [0.15, 0.2) is 151 Å². The van der Waals surface area contributed by atoms with E-state index in [2.05, 4.69) is 57.4 Å². The number of fused-ring (bicyclic) bond motifs is 1. The number of pyridine rings is 1. The van der Waals surface area contributed by atoms with Gasteiger partial charge in [-0.3, -0.25) is 37.9 Å². The number of carbonyl (C=O) groups is 7. The summed E-state index contributed by atoms with van der Waals surface area (Å²) in [4.78, 5) is 110. The fraction of sp³-hybridized carbons (Fsp3) is 0.338. The lowest BCUT2D eigenvalue weighted by Gasteiger charge is -2.20. The molecule has 3 atom stereocenters. The van der Waals surface area contributed by atoms with E-state index in [1.54, 1.807) is 73.9 Å². The van der Waals surface area contributed by atoms with Gasteiger partial charge in [-0.25, -0.2) is 38.5 Å². The smallest absolute Gasteiger partial charge is 0.408 e. The topological polar surface area (TPSA) is 441 Å². The predicted molar refractivity (Wildman–Crippen MR) is 468 cm³/mol. The van der Waals surface area contributed by atoms with Crippen molar-refractivity contribution in [3.63, 3.8) is 0 Å². The number of rotatable bonds is 18. The Bertz CT molecular complexity index is 4620. The van der Waals surface area contributed by atoms with Gasteiger partial charge in [-0.2, -0.15) is 8.42 Å². The number of nitrogen functional groups attached to an aromatic ring is 1. The molecule has 0 aliphatic rings. The highest BCUT2D eigenvalue weighted by Crippen LogP contribution is 2.28. The van der Waals surface area contributed by atoms with Crippen LogP contribution in [0.4, 0.5) is 21.1 Å². The number of carboxylic acid groups (broad SMARTS) is 1. The molecular weight excluding hydrogens is 1690 g/mol. The minimum absolute atomic E-state index is 0. The van der Waals surface area contributed by atoms with Crippen molar-refractivity contribution in [2.75, 3.05) is 19.9 Å². The molecule has 0 fully saturated rings. The van der Waals surface area contributed by atoms with Gasteiger partial charge in [-0.1, -0.05) is 197 Å². The molecule has 13 N–H and O–H groups in total. The number of amides is 5. The summed E-state index contributed by atoms with van der Waals surface area (Å²) in [6.45, 7) is 30.8. The van der Waals surface area contributed by atoms with Crippen molar-refractivity contribution in [2.45, 2.75) is 159 Å². The molecule has 0 radical (unpaired) electrons. The molecule has 116 heavy (non-hydrogen) atoms. The second-order valence-electron chi connectivity index (χ2n) is 24.9. The van der Waals surface area contributed by atoms with Crippen LogP contribution in [-0.2, 0) is 63.2 Å². The summed E-state index contributed by atoms with van der Waals surface area (Å²) in [7, 11) is 5.53. The SMILES string of the molecule is C.CC(C)N.CC(C)NC(=O)c1c(Cl)cccc1CC(=O)[C@H](C)NC(=O)OCc1ccccc1.CC(C)n1c([C@H](C)N)cc2cccc(Cl)c2c1=O.CON(C)C(=O)[C@H](C)NC(=O)OCc1ccccc1.Cc1cccc(Cl)c1C(=O)NC(C)C.Cc1cccc(Cl)c1C(=O)O.O=S(=O)(O)O.O=S(Cl)Cl.[BH4-].[C-]#[N+]c1c(N)ncnc1Cl. The highest BCUT2D eigenvalue weighted by atomic mass is 36.0. The minimum Gasteiger partial charge on any atom is -0.478 e. The van der Waals surface area contributed by atoms with Crippen molar-refractivity contribution in [1.29, 1.82) is 0 Å². The number of alkyl carbamates (subject to hydrolysis) is 2. The number of hydrogen-bond donors (Lipinski definition) is 10. The number of likely N-dealkylation sites (N-methyl/N-ethyl adjacent to an activating group) is 1. The molecule has 2 heterocycles. The number of halogens is 7. The van der Waals surface area contributed by atoms with E-state index in [-0.39, 0.29) is 127 Å². The Balaban J connectivity index is -0.00000131. The number of benzene rings is 6. The zero-order valence-corrected chi connectivity index (χ0v) is 71.9. The maximum atomic E-state index is 12.6. The summed E-state index contributed by atoms with van der Waals surface area (Å²) in [5, 5.41) is 23.3. The number of carbonyl (C=O) groups excluding carboxylic acids is 6. The minimum atomic E-state index is -4.67. The third-order valence-corrected chi connectivity index (χ3v) is 15.4. The molecule has 0 spiro atoms. The molecule has 2 aromatic heterocycles. The van der Waals surface area contributed by atoms with Crippen molar-refractivity contribution in [2.24, 2.45) is 11.5 Å². The highest BCUT2D eigenvalue weighted by molar-refractivity contribution is 8.26. The third-order valence-electron chi connectivity index (χ3n) is 13.9. The lowest BCUT2D eigenvalue weighted by molar-refractivity contribution is -0.170. The zero-order valence-electron chi connectivity index (χ0n) is 65.0. The molecule has 0 unspecified atom stereocenters. The van der Waals surface area contributed by atoms with Crippen molar-refractivity contribution in [3.8, 4) is 0 Å². The van der Waals surface area contributed by atoms with E-state index in [1.807, 2.05) is 160 Å². The summed E-state index contributed by atoms with van der Waals surface area (Å²) in [5.41, 5.74) is 22.1. The van der Waals surface area contributed by atoms with Crippen molar-refractivity contribution < 1.29 is 74.7 Å². The molecule has 5 amide bonds. The van der Waals surface area contributed by atoms with Gasteiger partial charge < -0.3 is 57.6 Å². The van der Waals surface area contributed by atoms with Crippen molar-refractivity contribution in [1.82, 2.24) is 40.9 Å². The van der Waals surface area contributed by atoms with Crippen LogP contribution in [0.2, 0.25) is 25.2 Å². The fourth-order valence-electron chi connectivity index (χ4n) is 8.90. The van der Waals surface area contributed by atoms with Gasteiger partial charge in [0.1, 0.15) is 36.6 Å². The summed E-state index contributed by atoms with van der Waals surface area (Å²) >= 11 is 29.4. The number of hydroxylamine groups is 2. The molecule has 39 heteroatoms. The number of Topliss-reactive ketones (excluding diaryl/α,β-unsaturated/α-hetero) is 1. The third kappa shape index (κ3) is 44.9. The van der Waals surface area contributed by atoms with Gasteiger partial charge >= 0.3 is 28.6 Å². The fourth-order valence-corrected chi connectivity index (χ4v) is 10.2. The lowest BCUT2D eigenvalue weighted by atomic mass is 9.99. The van der Waals surface area contributed by atoms with Crippen LogP contribution in [0, 0.1) is 20.4 Å². The van der Waals surface area contributed by atoms with Crippen molar-refractivity contribution in [3.05, 3.63) is 243 Å². The molecule has 0 aliphatic heterocycles. The predicted octanol–water partition coefficient (Wildman–Crippen LogP) is 14.8. The van der Waals surface area contributed by atoms with E-state index in [9.17, 15) is 38.4 Å². The highest BCUT2D eigenvalue weighted by Gasteiger charge is 2.24. The number of ketones is 1. The first-order valence-corrected chi connectivity index (χ1v) is 40.0. The Morgan fingerprint density at radius 2 is 1.03 bits per heavy atom. The van der Waals surface area contributed by atoms with E-state index < -0.39 is 49.9 Å². The van der Waals surface area contributed by atoms with E-state index in [1.165, 1.54) is 20.5 Å². The summed E-state index contributed by atoms with van der Waals surface area (Å²) < 4.78 is 52.5. The molecule has 0 saturated carbocycles. The zero-order chi connectivity index (χ0) is 87.4. The van der Waals surface area contributed by atoms with Gasteiger partial charge in [-0.15, -0.1) is 0 Å². The van der Waals surface area contributed by atoms with Crippen LogP contribution in [0.5, 0.6) is 0 Å². The lowest BCUT2D eigenvalue weighted by Crippen LogP contribution is -2.45. The Morgan fingerprint density at radius 3 is 1.40 bits per heavy atom. The second kappa shape index (κ2) is 57.9. The molecule has 8 aromatic rings. The Morgan fingerprint density at radius 1 is 0.629 bits per heavy atom. The number of anilines is 1. The van der Waals surface area contributed by atoms with E-state index in [0.29, 0.717) is 38.2 Å². The van der Waals surface area contributed by atoms with Crippen LogP contribution in [0.3, 0.4) is 0 Å². The second-order valence-corrected chi connectivity index (χ2v) is 30.3. The molecule has 0 bridgehead atoms. The first-order chi connectivity index (χ1) is 53.1. The van der Waals surface area contributed by atoms with Gasteiger partial charge in [0.05, 0.1) is 61.9 Å². The first-order valence-electron chi connectivity index (χ1n) is 34.0. The standard InChI is InChI=1S/C22H25ClN2O4.C14H17ClN2O.C13H18N2O4.C11H14ClNO.C8H7ClO2.C5H3ClN4.C3H9N.CH4.BH4.Cl2OS.H2O4S/c1-14(2)24-21(27)20-17(10-7-11-18(20)23)12-19(26)15(3)25-22(28)29-13-16-8-5-4-6-9-16;1-8(2)17-12(9(3)16)7-10-5-4-6-11(15)13(10)14(17)18;1-10(12(16)15(2)18-3)14-13(17)19-9-11-7-5-4-6-8-11;1-7(2)13-11(14)10-8(3)5-4-6-9(10)12;1-5-3-2-4-6(9)7(5)8(10)11;1-8-3-4(6)9-2-10-5(3)7;1-3(2)4;;;1-4(2)3;1-5(2,3)4/h4-11,14-15H,12-13H2,1-3H3,(H,24,27)(H,25,28);4-9H,16H2,1-3H3;4-8,10H,9H2,1-3H3,(H,14,17);4-7H,1-3H3,(H,13,14);2-4H,1H3,(H,10,11);2H,(H2,7,9,10);3H,4H2,1-2H3;2*1H4;;(H2,1,2,3,4)/q;;;;;;;;-1;;/t15-;9-;10-;;;;;;;;/m000......../s1. The van der Waals surface area contributed by atoms with Crippen LogP contribution in [-0.4, -0.2) is 141 Å². The summed E-state index contributed by atoms with van der Waals surface area (Å²) in [5.74, 6) is -1.93. The number of nitrogens with one attached hydrogen (secondary N) is 4. The monoisotopic (exact) mass is 1790 g/mol. The number of nitrogens with zero attached hydrogens (tertiary/aromatic N) is 5. The van der Waals surface area contributed by atoms with Gasteiger partial charge in [0, 0.05) is 64.7 Å². The summed E-state index contributed by atoms with van der Waals surface area (Å²) in [6, 6.07) is 40.1. The number of carboxylic acids is 1. The van der Waals surface area contributed by atoms with Gasteiger partial charge in [0.15, 0.2) is 5.78 Å². The molecule has 638 valence electrons. The van der Waals surface area contributed by atoms with E-state index >= 15 is 0 Å². The Labute approximate surface area is 715 Å². The van der Waals surface area contributed by atoms with Crippen molar-refractivity contribution >= 4 is 171 Å². The number of hydrogen-bond acceptors (Lipinski definition) is 19. The number of aromatic nitrogens is 3. The van der Waals surface area contributed by atoms with Crippen LogP contribution < -0.4 is 44.0 Å². The number of ether oxygens (including phenoxy) is 2. The van der Waals surface area contributed by atoms with E-state index in [4.69, 9.17) is 123 Å². The van der Waals surface area contributed by atoms with Gasteiger partial charge in [-0.05, 0) is 146 Å². The largest absolute Gasteiger partial charge is 0.478 e. The van der Waals surface area contributed by atoms with Crippen LogP contribution in [0.25, 0.3) is 15.6 Å². The van der Waals surface area contributed by atoms with E-state index in [0.717, 1.165) is 32.8 Å². The van der Waals surface area contributed by atoms with Gasteiger partial charge in [0.25, 0.3) is 29.0 Å². The van der Waals surface area contributed by atoms with Crippen LogP contribution >= 0.6 is 79.4 Å². The molecule has 0 aliphatic carbocycles. The maximum absolute atomic E-state index is 12.6. The average molecular weight is 1790 g/mol. The maximum Gasteiger partial charge on any atom is 0.408 e. The summed E-state index contributed by atoms with van der Waals surface area (Å²) in [6.07, 6.45) is -0.152. The Hall–Kier alpha value is -9.02. The number of aryl methyl sites for hydroxylation is 2. The normalized spacial score (nSPS) is 10.9. The average Bonchev–Trinajstić information content (AvgIpc) is 0.767.